The summed E-state index contributed by atoms with van der Waals surface area (Å²) in [6.45, 7) is 0. The van der Waals surface area contributed by atoms with Crippen molar-refractivity contribution in [1.29, 1.82) is 0 Å². The molecule has 2 heteroatoms. The van der Waals surface area contributed by atoms with Crippen LogP contribution in [0.15, 0.2) is 188 Å². The highest BCUT2D eigenvalue weighted by Crippen LogP contribution is 2.43. The van der Waals surface area contributed by atoms with Crippen LogP contribution in [0.25, 0.3) is 74.7 Å². The van der Waals surface area contributed by atoms with Crippen LogP contribution in [0.1, 0.15) is 0 Å². The predicted molar refractivity (Wildman–Crippen MR) is 217 cm³/mol. The van der Waals surface area contributed by atoms with E-state index in [1.165, 1.54) is 74.7 Å². The molecule has 1 heterocycles. The standard InChI is InChI=1S/C48H31NS/c1-2-9-32(10-3-1)33-17-24-37(25-18-33)49(39-28-21-36-23-29-42-40-12-5-4-11-34(40)22-30-43(42)46(36)31-39)38-26-19-35(20-27-38)41-14-8-15-45-44-13-6-7-16-47(44)50-48(41)45/h1-31H. The third kappa shape index (κ3) is 4.76. The molecule has 0 spiro atoms. The van der Waals surface area contributed by atoms with Gasteiger partial charge in [0.05, 0.1) is 0 Å². The van der Waals surface area contributed by atoms with Gasteiger partial charge in [-0.3, -0.25) is 0 Å². The molecule has 0 atom stereocenters. The average molecular weight is 654 g/mol. The Kier molecular flexibility index (Phi) is 6.75. The van der Waals surface area contributed by atoms with E-state index >= 15 is 0 Å². The Balaban J connectivity index is 1.12. The lowest BCUT2D eigenvalue weighted by atomic mass is 9.96. The summed E-state index contributed by atoms with van der Waals surface area (Å²) in [7, 11) is 0. The van der Waals surface area contributed by atoms with Crippen LogP contribution in [0.4, 0.5) is 17.1 Å². The second-order valence-electron chi connectivity index (χ2n) is 12.9. The van der Waals surface area contributed by atoms with Crippen molar-refractivity contribution in [3.8, 4) is 22.3 Å². The van der Waals surface area contributed by atoms with Crippen molar-refractivity contribution in [3.63, 3.8) is 0 Å². The zero-order valence-corrected chi connectivity index (χ0v) is 28.1. The Bertz CT molecular complexity index is 2850. The average Bonchev–Trinajstić information content (AvgIpc) is 3.58. The van der Waals surface area contributed by atoms with Gasteiger partial charge in [0.15, 0.2) is 0 Å². The number of hydrogen-bond acceptors (Lipinski definition) is 2. The van der Waals surface area contributed by atoms with Crippen molar-refractivity contribution in [3.05, 3.63) is 188 Å². The van der Waals surface area contributed by atoms with Gasteiger partial charge in [0.1, 0.15) is 0 Å². The Morgan fingerprint density at radius 1 is 0.320 bits per heavy atom. The lowest BCUT2D eigenvalue weighted by molar-refractivity contribution is 1.29. The quantitative estimate of drug-likeness (QED) is 0.167. The molecule has 10 rings (SSSR count). The van der Waals surface area contributed by atoms with Gasteiger partial charge >= 0.3 is 0 Å². The first kappa shape index (κ1) is 28.8. The van der Waals surface area contributed by atoms with Crippen LogP contribution in [-0.2, 0) is 0 Å². The molecule has 0 unspecified atom stereocenters. The van der Waals surface area contributed by atoms with E-state index in [1.54, 1.807) is 0 Å². The minimum absolute atomic E-state index is 1.12. The van der Waals surface area contributed by atoms with E-state index in [-0.39, 0.29) is 0 Å². The molecule has 0 amide bonds. The van der Waals surface area contributed by atoms with E-state index in [0.717, 1.165) is 17.1 Å². The van der Waals surface area contributed by atoms with Gasteiger partial charge in [-0.25, -0.2) is 0 Å². The van der Waals surface area contributed by atoms with Crippen molar-refractivity contribution in [2.24, 2.45) is 0 Å². The molecule has 234 valence electrons. The van der Waals surface area contributed by atoms with E-state index in [4.69, 9.17) is 0 Å². The molecule has 0 aliphatic carbocycles. The number of fused-ring (bicyclic) bond motifs is 8. The molecule has 9 aromatic carbocycles. The second-order valence-corrected chi connectivity index (χ2v) is 14.0. The Morgan fingerprint density at radius 3 is 1.66 bits per heavy atom. The Morgan fingerprint density at radius 2 is 0.880 bits per heavy atom. The van der Waals surface area contributed by atoms with Crippen LogP contribution in [0.2, 0.25) is 0 Å². The van der Waals surface area contributed by atoms with Crippen molar-refractivity contribution in [2.45, 2.75) is 0 Å². The largest absolute Gasteiger partial charge is 0.310 e. The molecule has 0 bridgehead atoms. The summed E-state index contributed by atoms with van der Waals surface area (Å²) in [6.07, 6.45) is 0. The van der Waals surface area contributed by atoms with Gasteiger partial charge in [-0.2, -0.15) is 0 Å². The maximum Gasteiger partial charge on any atom is 0.0468 e. The fraction of sp³-hybridized carbons (Fsp3) is 0. The normalized spacial score (nSPS) is 11.6. The fourth-order valence-electron chi connectivity index (χ4n) is 7.59. The summed E-state index contributed by atoms with van der Waals surface area (Å²) < 4.78 is 2.66. The monoisotopic (exact) mass is 653 g/mol. The smallest absolute Gasteiger partial charge is 0.0468 e. The van der Waals surface area contributed by atoms with Gasteiger partial charge in [0, 0.05) is 37.2 Å². The predicted octanol–water partition coefficient (Wildman–Crippen LogP) is 14.3. The molecular weight excluding hydrogens is 623 g/mol. The van der Waals surface area contributed by atoms with Crippen LogP contribution in [0.5, 0.6) is 0 Å². The molecule has 0 aliphatic rings. The third-order valence-corrected chi connectivity index (χ3v) is 11.3. The number of thiophene rings is 1. The summed E-state index contributed by atoms with van der Waals surface area (Å²) in [4.78, 5) is 2.39. The van der Waals surface area contributed by atoms with Gasteiger partial charge in [-0.05, 0) is 97.0 Å². The van der Waals surface area contributed by atoms with E-state index < -0.39 is 0 Å². The highest BCUT2D eigenvalue weighted by molar-refractivity contribution is 7.26. The van der Waals surface area contributed by atoms with Crippen LogP contribution in [-0.4, -0.2) is 0 Å². The lowest BCUT2D eigenvalue weighted by Crippen LogP contribution is -2.09. The van der Waals surface area contributed by atoms with Gasteiger partial charge in [0.2, 0.25) is 0 Å². The number of benzene rings is 9. The van der Waals surface area contributed by atoms with E-state index in [2.05, 4.69) is 193 Å². The van der Waals surface area contributed by atoms with Gasteiger partial charge in [0.25, 0.3) is 0 Å². The summed E-state index contributed by atoms with van der Waals surface area (Å²) >= 11 is 1.88. The van der Waals surface area contributed by atoms with Crippen molar-refractivity contribution in [2.75, 3.05) is 4.90 Å². The van der Waals surface area contributed by atoms with Crippen molar-refractivity contribution >= 4 is 80.9 Å². The van der Waals surface area contributed by atoms with E-state index in [1.807, 2.05) is 11.3 Å². The maximum absolute atomic E-state index is 2.39. The Labute approximate surface area is 294 Å². The molecule has 0 saturated carbocycles. The molecule has 0 saturated heterocycles. The first-order chi connectivity index (χ1) is 24.8. The zero-order chi connectivity index (χ0) is 33.0. The van der Waals surface area contributed by atoms with Crippen molar-refractivity contribution < 1.29 is 0 Å². The van der Waals surface area contributed by atoms with E-state index in [9.17, 15) is 0 Å². The summed E-state index contributed by atoms with van der Waals surface area (Å²) in [5.41, 5.74) is 8.29. The molecular formula is C48H31NS. The highest BCUT2D eigenvalue weighted by Gasteiger charge is 2.16. The summed E-state index contributed by atoms with van der Waals surface area (Å²) in [5, 5.41) is 10.3. The highest BCUT2D eigenvalue weighted by atomic mass is 32.1. The second kappa shape index (κ2) is 11.7. The molecule has 10 aromatic rings. The first-order valence-electron chi connectivity index (χ1n) is 17.1. The van der Waals surface area contributed by atoms with Crippen LogP contribution < -0.4 is 4.90 Å². The SMILES string of the molecule is c1ccc(-c2ccc(N(c3ccc(-c4cccc5c4sc4ccccc45)cc3)c3ccc4ccc5c6ccccc6ccc5c4c3)cc2)cc1. The number of hydrogen-bond donors (Lipinski definition) is 0. The summed E-state index contributed by atoms with van der Waals surface area (Å²) in [5.74, 6) is 0. The molecule has 0 fully saturated rings. The molecule has 0 N–H and O–H groups in total. The molecule has 0 radical (unpaired) electrons. The molecule has 1 nitrogen and oxygen atoms in total. The van der Waals surface area contributed by atoms with Crippen molar-refractivity contribution in [1.82, 2.24) is 0 Å². The minimum Gasteiger partial charge on any atom is -0.310 e. The van der Waals surface area contributed by atoms with Crippen LogP contribution in [0, 0.1) is 0 Å². The number of nitrogens with zero attached hydrogens (tertiary/aromatic N) is 1. The third-order valence-electron chi connectivity index (χ3n) is 10.1. The fourth-order valence-corrected chi connectivity index (χ4v) is 8.83. The molecule has 1 aromatic heterocycles. The minimum atomic E-state index is 1.12. The van der Waals surface area contributed by atoms with Crippen LogP contribution >= 0.6 is 11.3 Å². The number of anilines is 3. The number of rotatable bonds is 5. The lowest BCUT2D eigenvalue weighted by Gasteiger charge is -2.26. The van der Waals surface area contributed by atoms with Gasteiger partial charge < -0.3 is 4.90 Å². The maximum atomic E-state index is 2.39. The van der Waals surface area contributed by atoms with E-state index in [0.29, 0.717) is 0 Å². The topological polar surface area (TPSA) is 3.24 Å². The molecule has 0 aliphatic heterocycles. The summed E-state index contributed by atoms with van der Waals surface area (Å²) in [6, 6.07) is 68.7. The molecule has 50 heavy (non-hydrogen) atoms. The first-order valence-corrected chi connectivity index (χ1v) is 17.9. The van der Waals surface area contributed by atoms with Crippen LogP contribution in [0.3, 0.4) is 0 Å². The van der Waals surface area contributed by atoms with Gasteiger partial charge in [-0.15, -0.1) is 11.3 Å². The Hall–Kier alpha value is -6.22. The van der Waals surface area contributed by atoms with Gasteiger partial charge in [-0.1, -0.05) is 146 Å². The zero-order valence-electron chi connectivity index (χ0n) is 27.3.